The molecule has 0 bridgehead atoms. The van der Waals surface area contributed by atoms with Gasteiger partial charge in [-0.3, -0.25) is 0 Å². The van der Waals surface area contributed by atoms with Crippen LogP contribution in [0.2, 0.25) is 0 Å². The van der Waals surface area contributed by atoms with Crippen LogP contribution in [0, 0.1) is 0 Å². The Balaban J connectivity index is 0.000000312. The Morgan fingerprint density at radius 3 is 1.59 bits per heavy atom. The summed E-state index contributed by atoms with van der Waals surface area (Å²) in [5.74, 6) is 0. The van der Waals surface area contributed by atoms with Crippen LogP contribution in [0.15, 0.2) is 258 Å². The highest BCUT2D eigenvalue weighted by atomic mass is 16.3. The predicted molar refractivity (Wildman–Crippen MR) is 297 cm³/mol. The minimum atomic E-state index is 0.891. The quantitative estimate of drug-likeness (QED) is 0.175. The summed E-state index contributed by atoms with van der Waals surface area (Å²) in [6.45, 7) is 0. The molecular weight excluding hydrogens is 867 g/mol. The molecule has 71 heavy (non-hydrogen) atoms. The molecule has 5 nitrogen and oxygen atoms in total. The number of fused-ring (bicyclic) bond motifs is 12. The smallest absolute Gasteiger partial charge is 0.135 e. The van der Waals surface area contributed by atoms with Gasteiger partial charge in [-0.05, 0) is 113 Å². The van der Waals surface area contributed by atoms with E-state index in [1.54, 1.807) is 0 Å². The highest BCUT2D eigenvalue weighted by molar-refractivity contribution is 6.13. The van der Waals surface area contributed by atoms with Gasteiger partial charge in [0.05, 0.1) is 11.0 Å². The lowest BCUT2D eigenvalue weighted by Crippen LogP contribution is -1.94. The zero-order chi connectivity index (χ0) is 46.8. The summed E-state index contributed by atoms with van der Waals surface area (Å²) < 4.78 is 14.1. The number of furan rings is 2. The number of para-hydroxylation sites is 6. The Morgan fingerprint density at radius 2 is 0.845 bits per heavy atom. The van der Waals surface area contributed by atoms with E-state index in [9.17, 15) is 0 Å². The van der Waals surface area contributed by atoms with E-state index >= 15 is 0 Å². The highest BCUT2D eigenvalue weighted by Gasteiger charge is 2.16. The number of benzene rings is 11. The second kappa shape index (κ2) is 16.6. The molecule has 2 N–H and O–H groups in total. The van der Waals surface area contributed by atoms with Crippen molar-refractivity contribution in [3.63, 3.8) is 0 Å². The third-order valence-corrected chi connectivity index (χ3v) is 14.0. The van der Waals surface area contributed by atoms with Crippen molar-refractivity contribution in [2.75, 3.05) is 5.32 Å². The van der Waals surface area contributed by atoms with Gasteiger partial charge in [-0.25, -0.2) is 0 Å². The van der Waals surface area contributed by atoms with Crippen molar-refractivity contribution in [2.45, 2.75) is 0 Å². The number of hydrogen-bond acceptors (Lipinski definition) is 3. The van der Waals surface area contributed by atoms with E-state index in [4.69, 9.17) is 8.83 Å². The van der Waals surface area contributed by atoms with Gasteiger partial charge in [-0.1, -0.05) is 164 Å². The fraction of sp³-hybridized carbons (Fsp3) is 0. The lowest BCUT2D eigenvalue weighted by atomic mass is 9.98. The molecule has 0 radical (unpaired) electrons. The third kappa shape index (κ3) is 7.02. The molecule has 0 aliphatic rings. The highest BCUT2D eigenvalue weighted by Crippen LogP contribution is 2.40. The van der Waals surface area contributed by atoms with Gasteiger partial charge in [0.1, 0.15) is 22.3 Å². The molecule has 334 valence electrons. The second-order valence-electron chi connectivity index (χ2n) is 18.2. The number of nitrogens with one attached hydrogen (secondary N) is 2. The number of H-pyrrole nitrogens is 1. The van der Waals surface area contributed by atoms with E-state index in [-0.39, 0.29) is 0 Å². The molecule has 0 amide bonds. The van der Waals surface area contributed by atoms with Gasteiger partial charge in [0, 0.05) is 76.7 Å². The van der Waals surface area contributed by atoms with Crippen LogP contribution < -0.4 is 5.32 Å². The van der Waals surface area contributed by atoms with Crippen LogP contribution in [0.25, 0.3) is 127 Å². The third-order valence-electron chi connectivity index (χ3n) is 14.0. The van der Waals surface area contributed by atoms with Crippen LogP contribution in [-0.2, 0) is 0 Å². The fourth-order valence-corrected chi connectivity index (χ4v) is 10.6. The predicted octanol–water partition coefficient (Wildman–Crippen LogP) is 18.6. The summed E-state index contributed by atoms with van der Waals surface area (Å²) in [6, 6.07) is 88.0. The molecule has 0 aliphatic carbocycles. The van der Waals surface area contributed by atoms with Gasteiger partial charge < -0.3 is 23.7 Å². The Labute approximate surface area is 408 Å². The van der Waals surface area contributed by atoms with Crippen LogP contribution in [0.4, 0.5) is 11.4 Å². The number of rotatable bonds is 6. The molecule has 0 fully saturated rings. The van der Waals surface area contributed by atoms with Crippen molar-refractivity contribution in [3.05, 3.63) is 249 Å². The summed E-state index contributed by atoms with van der Waals surface area (Å²) in [4.78, 5) is 3.63. The lowest BCUT2D eigenvalue weighted by Gasteiger charge is -2.13. The Hall–Kier alpha value is -9.58. The summed E-state index contributed by atoms with van der Waals surface area (Å²) in [5.41, 5.74) is 18.7. The maximum Gasteiger partial charge on any atom is 0.135 e. The maximum atomic E-state index is 6.08. The van der Waals surface area contributed by atoms with Crippen LogP contribution in [0.3, 0.4) is 0 Å². The monoisotopic (exact) mass is 909 g/mol. The topological polar surface area (TPSA) is 59.0 Å². The molecule has 15 aromatic rings. The standard InChI is InChI=1S/C54H35N3O.C12H8O/c1-2-10-40(11-3-1)57-51-28-24-36(37-22-26-43-42-13-5-8-16-49(42)56-50(43)31-37)30-46(51)44-27-23-38(32-52(44)57)34-18-20-35(21-19-34)41-12-4-7-15-48(41)55-39-25-29-54-47(33-39)45-14-6-9-17-53(45)58-54;1-3-7-11-9(5-1)10-6-2-4-8-12(10)13-11/h1-33,55-56H;1-8H. The minimum absolute atomic E-state index is 0.891. The van der Waals surface area contributed by atoms with E-state index in [2.05, 4.69) is 209 Å². The zero-order valence-corrected chi connectivity index (χ0v) is 38.4. The normalized spacial score (nSPS) is 11.7. The van der Waals surface area contributed by atoms with Gasteiger partial charge in [0.25, 0.3) is 0 Å². The van der Waals surface area contributed by atoms with E-state index in [1.165, 1.54) is 65.6 Å². The Morgan fingerprint density at radius 1 is 0.310 bits per heavy atom. The average molecular weight is 910 g/mol. The first-order valence-electron chi connectivity index (χ1n) is 24.1. The number of hydrogen-bond donors (Lipinski definition) is 2. The van der Waals surface area contributed by atoms with Gasteiger partial charge in [0.2, 0.25) is 0 Å². The molecule has 4 heterocycles. The molecule has 0 atom stereocenters. The van der Waals surface area contributed by atoms with Crippen molar-refractivity contribution in [1.82, 2.24) is 9.55 Å². The van der Waals surface area contributed by atoms with E-state index < -0.39 is 0 Å². The first-order valence-corrected chi connectivity index (χ1v) is 24.1. The SMILES string of the molecule is c1ccc(-n2c3ccc(-c4ccc5c(c4)[nH]c4ccccc45)cc3c3ccc(-c4ccc(-c5ccccc5Nc5ccc6oc7ccccc7c6c5)cc4)cc32)cc1.c1ccc2c(c1)oc1ccccc12. The van der Waals surface area contributed by atoms with E-state index in [0.29, 0.717) is 0 Å². The van der Waals surface area contributed by atoms with E-state index in [0.717, 1.165) is 72.3 Å². The van der Waals surface area contributed by atoms with Crippen LogP contribution in [-0.4, -0.2) is 9.55 Å². The largest absolute Gasteiger partial charge is 0.456 e. The number of aromatic nitrogens is 2. The van der Waals surface area contributed by atoms with Gasteiger partial charge in [-0.15, -0.1) is 0 Å². The zero-order valence-electron chi connectivity index (χ0n) is 38.4. The second-order valence-corrected chi connectivity index (χ2v) is 18.2. The Kier molecular flexibility index (Phi) is 9.46. The molecule has 0 unspecified atom stereocenters. The Bertz CT molecular complexity index is 4440. The van der Waals surface area contributed by atoms with E-state index in [1.807, 2.05) is 54.6 Å². The first-order chi connectivity index (χ1) is 35.2. The number of anilines is 2. The van der Waals surface area contributed by atoms with Gasteiger partial charge in [0.15, 0.2) is 0 Å². The molecule has 11 aromatic carbocycles. The first kappa shape index (κ1) is 40.5. The number of nitrogens with zero attached hydrogens (tertiary/aromatic N) is 1. The summed E-state index contributed by atoms with van der Waals surface area (Å²) in [5, 5.41) is 13.3. The molecule has 0 saturated carbocycles. The summed E-state index contributed by atoms with van der Waals surface area (Å²) in [7, 11) is 0. The van der Waals surface area contributed by atoms with Crippen molar-refractivity contribution in [3.8, 4) is 39.1 Å². The van der Waals surface area contributed by atoms with Crippen molar-refractivity contribution >= 4 is 98.9 Å². The average Bonchev–Trinajstić information content (AvgIpc) is 4.20. The summed E-state index contributed by atoms with van der Waals surface area (Å²) in [6.07, 6.45) is 0. The number of aromatic amines is 1. The van der Waals surface area contributed by atoms with Crippen molar-refractivity contribution in [1.29, 1.82) is 0 Å². The summed E-state index contributed by atoms with van der Waals surface area (Å²) >= 11 is 0. The maximum absolute atomic E-state index is 6.08. The van der Waals surface area contributed by atoms with Crippen LogP contribution >= 0.6 is 0 Å². The lowest BCUT2D eigenvalue weighted by molar-refractivity contribution is 0.668. The van der Waals surface area contributed by atoms with Crippen molar-refractivity contribution < 1.29 is 8.83 Å². The minimum Gasteiger partial charge on any atom is -0.456 e. The van der Waals surface area contributed by atoms with Crippen LogP contribution in [0.5, 0.6) is 0 Å². The molecule has 5 heteroatoms. The van der Waals surface area contributed by atoms with Gasteiger partial charge >= 0.3 is 0 Å². The molecule has 4 aromatic heterocycles. The fourth-order valence-electron chi connectivity index (χ4n) is 10.6. The molecule has 0 aliphatic heterocycles. The van der Waals surface area contributed by atoms with Crippen molar-refractivity contribution in [2.24, 2.45) is 0 Å². The molecule has 0 spiro atoms. The van der Waals surface area contributed by atoms with Gasteiger partial charge in [-0.2, -0.15) is 0 Å². The van der Waals surface area contributed by atoms with Crippen LogP contribution in [0.1, 0.15) is 0 Å². The molecular formula is C66H43N3O2. The molecule has 0 saturated heterocycles. The molecule has 15 rings (SSSR count).